The zero-order chi connectivity index (χ0) is 43.0. The van der Waals surface area contributed by atoms with E-state index in [2.05, 4.69) is 146 Å². The van der Waals surface area contributed by atoms with E-state index in [0.717, 1.165) is 57.7 Å². The molecule has 64 heavy (non-hydrogen) atoms. The SMILES string of the molecule is Cc1cc(N(c2ccc(F)cc2)c2cccc3c2sc2ccccc23)c2cc3c4c(cc(N(c5ccc(F)cc5)c5cccc6c5sc5ccccc56)c5ccc1c2c54)CCC3(C)C. The molecular weight excluding hydrogens is 827 g/mol. The molecule has 0 saturated carbocycles. The number of anilines is 6. The lowest BCUT2D eigenvalue weighted by atomic mass is 9.70. The molecule has 0 unspecified atom stereocenters. The van der Waals surface area contributed by atoms with Crippen molar-refractivity contribution in [1.29, 1.82) is 0 Å². The fraction of sp³-hybridized carbons (Fsp3) is 0.103. The largest absolute Gasteiger partial charge is 0.308 e. The fourth-order valence-electron chi connectivity index (χ4n) is 10.8. The van der Waals surface area contributed by atoms with Crippen LogP contribution in [0.4, 0.5) is 42.9 Å². The molecule has 1 aliphatic rings. The van der Waals surface area contributed by atoms with Crippen LogP contribution in [0.5, 0.6) is 0 Å². The van der Waals surface area contributed by atoms with Crippen molar-refractivity contribution in [2.75, 3.05) is 9.80 Å². The number of hydrogen-bond acceptors (Lipinski definition) is 4. The predicted octanol–water partition coefficient (Wildman–Crippen LogP) is 18.1. The van der Waals surface area contributed by atoms with Gasteiger partial charge < -0.3 is 9.80 Å². The van der Waals surface area contributed by atoms with Gasteiger partial charge in [-0.3, -0.25) is 0 Å². The van der Waals surface area contributed by atoms with Crippen molar-refractivity contribution in [3.8, 4) is 0 Å². The minimum absolute atomic E-state index is 0.102. The lowest BCUT2D eigenvalue weighted by Gasteiger charge is -2.37. The van der Waals surface area contributed by atoms with Gasteiger partial charge in [-0.25, -0.2) is 8.78 Å². The van der Waals surface area contributed by atoms with Gasteiger partial charge in [0.15, 0.2) is 0 Å². The maximum absolute atomic E-state index is 14.8. The molecule has 0 fully saturated rings. The monoisotopic (exact) mass is 866 g/mol. The third kappa shape index (κ3) is 5.45. The van der Waals surface area contributed by atoms with Gasteiger partial charge in [-0.05, 0) is 149 Å². The van der Waals surface area contributed by atoms with Crippen LogP contribution in [0, 0.1) is 18.6 Å². The Morgan fingerprint density at radius 3 is 1.55 bits per heavy atom. The van der Waals surface area contributed by atoms with E-state index in [4.69, 9.17) is 0 Å². The summed E-state index contributed by atoms with van der Waals surface area (Å²) >= 11 is 3.61. The van der Waals surface area contributed by atoms with Crippen LogP contribution in [0.1, 0.15) is 37.0 Å². The van der Waals surface area contributed by atoms with Crippen LogP contribution in [-0.4, -0.2) is 0 Å². The quantitative estimate of drug-likeness (QED) is 0.154. The number of hydrogen-bond donors (Lipinski definition) is 0. The van der Waals surface area contributed by atoms with Crippen LogP contribution < -0.4 is 9.80 Å². The summed E-state index contributed by atoms with van der Waals surface area (Å²) in [5, 5.41) is 12.2. The van der Waals surface area contributed by atoms with Crippen molar-refractivity contribution in [3.63, 3.8) is 0 Å². The maximum atomic E-state index is 14.8. The summed E-state index contributed by atoms with van der Waals surface area (Å²) in [6.45, 7) is 7.01. The van der Waals surface area contributed by atoms with Gasteiger partial charge in [0.2, 0.25) is 0 Å². The Labute approximate surface area is 377 Å². The molecule has 10 aromatic carbocycles. The van der Waals surface area contributed by atoms with Gasteiger partial charge in [0, 0.05) is 58.5 Å². The normalized spacial score (nSPS) is 13.7. The van der Waals surface area contributed by atoms with Gasteiger partial charge in [0.05, 0.1) is 32.1 Å². The van der Waals surface area contributed by atoms with Crippen LogP contribution in [0.25, 0.3) is 72.7 Å². The van der Waals surface area contributed by atoms with Crippen molar-refractivity contribution in [3.05, 3.63) is 192 Å². The van der Waals surface area contributed by atoms with E-state index in [1.54, 1.807) is 35.6 Å². The first-order chi connectivity index (χ1) is 31.2. The van der Waals surface area contributed by atoms with E-state index in [-0.39, 0.29) is 17.0 Å². The average Bonchev–Trinajstić information content (AvgIpc) is 3.89. The molecule has 0 radical (unpaired) electrons. The highest BCUT2D eigenvalue weighted by atomic mass is 32.1. The van der Waals surface area contributed by atoms with Crippen molar-refractivity contribution in [2.45, 2.75) is 39.0 Å². The van der Waals surface area contributed by atoms with Gasteiger partial charge in [0.25, 0.3) is 0 Å². The standard InChI is InChI=1S/C58H40F2N2S2/c1-33-30-49(61(37-22-18-35(59)19-23-37)47-14-8-12-42-40-10-4-6-16-51(40)63-56(42)47)45-32-46-53-34(28-29-58(46,2)3)31-50(44-27-26-39(33)54(45)55(44)53)62(38-24-20-36(60)21-25-38)48-15-9-13-43-41-11-5-7-17-52(41)64-57(43)48/h4-27,30-32H,28-29H2,1-3H3. The number of aryl methyl sites for hydroxylation is 2. The Balaban J connectivity index is 1.16. The predicted molar refractivity (Wildman–Crippen MR) is 271 cm³/mol. The number of nitrogens with zero attached hydrogens (tertiary/aromatic N) is 2. The van der Waals surface area contributed by atoms with E-state index >= 15 is 0 Å². The lowest BCUT2D eigenvalue weighted by Crippen LogP contribution is -2.24. The molecule has 0 amide bonds. The molecule has 308 valence electrons. The Hall–Kier alpha value is -6.86. The van der Waals surface area contributed by atoms with Crippen LogP contribution in [0.15, 0.2) is 164 Å². The summed E-state index contributed by atoms with van der Waals surface area (Å²) in [6.07, 6.45) is 1.93. The maximum Gasteiger partial charge on any atom is 0.123 e. The third-order valence-electron chi connectivity index (χ3n) is 13.9. The molecule has 0 spiro atoms. The van der Waals surface area contributed by atoms with Crippen molar-refractivity contribution >= 4 is 129 Å². The second-order valence-electron chi connectivity index (χ2n) is 18.0. The molecule has 0 N–H and O–H groups in total. The molecule has 0 saturated heterocycles. The summed E-state index contributed by atoms with van der Waals surface area (Å²) in [5.41, 5.74) is 9.81. The first-order valence-electron chi connectivity index (χ1n) is 21.9. The van der Waals surface area contributed by atoms with Gasteiger partial charge in [-0.2, -0.15) is 0 Å². The lowest BCUT2D eigenvalue weighted by molar-refractivity contribution is 0.475. The molecule has 2 heterocycles. The van der Waals surface area contributed by atoms with Crippen molar-refractivity contribution < 1.29 is 8.78 Å². The van der Waals surface area contributed by atoms with Crippen molar-refractivity contribution in [1.82, 2.24) is 0 Å². The van der Waals surface area contributed by atoms with Crippen LogP contribution >= 0.6 is 22.7 Å². The summed E-state index contributed by atoms with van der Waals surface area (Å²) in [4.78, 5) is 4.74. The first-order valence-corrected chi connectivity index (χ1v) is 23.6. The number of fused-ring (bicyclic) bond motifs is 6. The molecule has 6 heteroatoms. The molecule has 0 bridgehead atoms. The van der Waals surface area contributed by atoms with E-state index in [9.17, 15) is 8.78 Å². The Morgan fingerprint density at radius 2 is 0.969 bits per heavy atom. The second-order valence-corrected chi connectivity index (χ2v) is 20.1. The van der Waals surface area contributed by atoms with Crippen molar-refractivity contribution in [2.24, 2.45) is 0 Å². The van der Waals surface area contributed by atoms with Gasteiger partial charge in [-0.1, -0.05) is 86.6 Å². The highest BCUT2D eigenvalue weighted by Crippen LogP contribution is 2.55. The van der Waals surface area contributed by atoms with E-state index < -0.39 is 0 Å². The molecule has 0 atom stereocenters. The number of halogens is 2. The number of rotatable bonds is 6. The molecule has 1 aliphatic carbocycles. The second kappa shape index (κ2) is 13.8. The molecule has 2 aromatic heterocycles. The minimum Gasteiger partial charge on any atom is -0.308 e. The summed E-state index contributed by atoms with van der Waals surface area (Å²) < 4.78 is 34.5. The van der Waals surface area contributed by atoms with Crippen LogP contribution in [0.2, 0.25) is 0 Å². The topological polar surface area (TPSA) is 6.48 Å². The molecule has 0 aliphatic heterocycles. The van der Waals surface area contributed by atoms with Crippen LogP contribution in [-0.2, 0) is 11.8 Å². The summed E-state index contributed by atoms with van der Waals surface area (Å²) in [5.74, 6) is -0.528. The van der Waals surface area contributed by atoms with Gasteiger partial charge >= 0.3 is 0 Å². The molecule has 12 aromatic rings. The summed E-state index contributed by atoms with van der Waals surface area (Å²) in [6, 6.07) is 56.3. The zero-order valence-electron chi connectivity index (χ0n) is 35.5. The van der Waals surface area contributed by atoms with Crippen LogP contribution in [0.3, 0.4) is 0 Å². The highest BCUT2D eigenvalue weighted by Gasteiger charge is 2.34. The molecule has 2 nitrogen and oxygen atoms in total. The molecular formula is C58H40F2N2S2. The van der Waals surface area contributed by atoms with E-state index in [0.29, 0.717) is 0 Å². The smallest absolute Gasteiger partial charge is 0.123 e. The molecule has 13 rings (SSSR count). The average molecular weight is 867 g/mol. The Morgan fingerprint density at radius 1 is 0.453 bits per heavy atom. The Bertz CT molecular complexity index is 3860. The van der Waals surface area contributed by atoms with Gasteiger partial charge in [-0.15, -0.1) is 22.7 Å². The van der Waals surface area contributed by atoms with Gasteiger partial charge in [0.1, 0.15) is 11.6 Å². The summed E-state index contributed by atoms with van der Waals surface area (Å²) in [7, 11) is 0. The number of thiophene rings is 2. The third-order valence-corrected chi connectivity index (χ3v) is 16.3. The van der Waals surface area contributed by atoms with E-state index in [1.165, 1.54) is 78.6 Å². The highest BCUT2D eigenvalue weighted by molar-refractivity contribution is 7.26. The Kier molecular flexibility index (Phi) is 8.13. The number of benzene rings is 10. The fourth-order valence-corrected chi connectivity index (χ4v) is 13.2. The zero-order valence-corrected chi connectivity index (χ0v) is 37.1. The van der Waals surface area contributed by atoms with E-state index in [1.807, 2.05) is 35.6 Å². The first kappa shape index (κ1) is 37.7. The minimum atomic E-state index is -0.265.